The van der Waals surface area contributed by atoms with Gasteiger partial charge in [-0.2, -0.15) is 11.8 Å². The fourth-order valence-electron chi connectivity index (χ4n) is 2.34. The van der Waals surface area contributed by atoms with Crippen molar-refractivity contribution in [2.24, 2.45) is 0 Å². The molecular formula is C18H23NS. The Morgan fingerprint density at radius 3 is 1.85 bits per heavy atom. The van der Waals surface area contributed by atoms with E-state index in [9.17, 15) is 0 Å². The highest BCUT2D eigenvalue weighted by Crippen LogP contribution is 2.22. The first-order chi connectivity index (χ1) is 9.81. The van der Waals surface area contributed by atoms with Gasteiger partial charge in [-0.3, -0.25) is 0 Å². The van der Waals surface area contributed by atoms with Crippen LogP contribution in [0.1, 0.15) is 30.5 Å². The molecule has 2 aromatic rings. The van der Waals surface area contributed by atoms with Crippen LogP contribution in [0.2, 0.25) is 0 Å². The molecule has 1 atom stereocenters. The third kappa shape index (κ3) is 4.39. The summed E-state index contributed by atoms with van der Waals surface area (Å²) in [7, 11) is 0. The van der Waals surface area contributed by atoms with E-state index in [0.29, 0.717) is 6.04 Å². The molecule has 0 fully saturated rings. The van der Waals surface area contributed by atoms with Crippen molar-refractivity contribution < 1.29 is 0 Å². The standard InChI is InChI=1S/C18H23NS/c1-15(13-14-20-2)19-18(16-9-5-3-6-10-16)17-11-7-4-8-12-17/h3-12,15,18-19H,13-14H2,1-2H3. The molecule has 0 aromatic heterocycles. The zero-order valence-corrected chi connectivity index (χ0v) is 13.1. The van der Waals surface area contributed by atoms with Crippen molar-refractivity contribution in [1.29, 1.82) is 0 Å². The summed E-state index contributed by atoms with van der Waals surface area (Å²) in [5.74, 6) is 1.20. The lowest BCUT2D eigenvalue weighted by Crippen LogP contribution is -2.31. The van der Waals surface area contributed by atoms with Gasteiger partial charge in [-0.1, -0.05) is 60.7 Å². The highest BCUT2D eigenvalue weighted by molar-refractivity contribution is 7.98. The van der Waals surface area contributed by atoms with Crippen LogP contribution in [0.25, 0.3) is 0 Å². The van der Waals surface area contributed by atoms with Crippen LogP contribution >= 0.6 is 11.8 Å². The van der Waals surface area contributed by atoms with Crippen LogP contribution in [0, 0.1) is 0 Å². The molecule has 0 radical (unpaired) electrons. The lowest BCUT2D eigenvalue weighted by Gasteiger charge is -2.24. The molecule has 0 aliphatic carbocycles. The molecule has 0 heterocycles. The first kappa shape index (κ1) is 15.1. The Bertz CT molecular complexity index is 444. The van der Waals surface area contributed by atoms with Crippen LogP contribution < -0.4 is 5.32 Å². The number of benzene rings is 2. The smallest absolute Gasteiger partial charge is 0.0578 e. The second-order valence-corrected chi connectivity index (χ2v) is 6.09. The maximum Gasteiger partial charge on any atom is 0.0578 e. The van der Waals surface area contributed by atoms with E-state index < -0.39 is 0 Å². The van der Waals surface area contributed by atoms with E-state index in [1.54, 1.807) is 0 Å². The predicted molar refractivity (Wildman–Crippen MR) is 90.3 cm³/mol. The highest BCUT2D eigenvalue weighted by atomic mass is 32.2. The molecule has 0 saturated carbocycles. The van der Waals surface area contributed by atoms with Crippen molar-refractivity contribution in [3.05, 3.63) is 71.8 Å². The molecule has 106 valence electrons. The van der Waals surface area contributed by atoms with E-state index in [1.165, 1.54) is 23.3 Å². The molecule has 1 N–H and O–H groups in total. The monoisotopic (exact) mass is 285 g/mol. The van der Waals surface area contributed by atoms with E-state index in [4.69, 9.17) is 0 Å². The van der Waals surface area contributed by atoms with Gasteiger partial charge < -0.3 is 5.32 Å². The van der Waals surface area contributed by atoms with Crippen molar-refractivity contribution in [2.75, 3.05) is 12.0 Å². The predicted octanol–water partition coefficient (Wildman–Crippen LogP) is 4.51. The van der Waals surface area contributed by atoms with Crippen LogP contribution in [0.5, 0.6) is 0 Å². The minimum Gasteiger partial charge on any atom is -0.304 e. The molecule has 1 unspecified atom stereocenters. The van der Waals surface area contributed by atoms with Gasteiger partial charge in [-0.05, 0) is 36.5 Å². The average molecular weight is 285 g/mol. The summed E-state index contributed by atoms with van der Waals surface area (Å²) in [5.41, 5.74) is 2.66. The molecule has 0 bridgehead atoms. The van der Waals surface area contributed by atoms with Crippen LogP contribution in [0.3, 0.4) is 0 Å². The summed E-state index contributed by atoms with van der Waals surface area (Å²) in [6.45, 7) is 2.27. The maximum absolute atomic E-state index is 3.77. The highest BCUT2D eigenvalue weighted by Gasteiger charge is 2.15. The van der Waals surface area contributed by atoms with E-state index in [2.05, 4.69) is 79.2 Å². The second kappa shape index (κ2) is 8.13. The summed E-state index contributed by atoms with van der Waals surface area (Å²) in [6, 6.07) is 22.2. The topological polar surface area (TPSA) is 12.0 Å². The van der Waals surface area contributed by atoms with E-state index in [1.807, 2.05) is 11.8 Å². The Hall–Kier alpha value is -1.25. The Morgan fingerprint density at radius 1 is 0.900 bits per heavy atom. The van der Waals surface area contributed by atoms with Crippen molar-refractivity contribution >= 4 is 11.8 Å². The third-order valence-corrected chi connectivity index (χ3v) is 4.12. The van der Waals surface area contributed by atoms with Crippen LogP contribution in [-0.2, 0) is 0 Å². The lowest BCUT2D eigenvalue weighted by atomic mass is 9.97. The first-order valence-electron chi connectivity index (χ1n) is 7.16. The number of thioether (sulfide) groups is 1. The number of rotatable bonds is 7. The molecule has 20 heavy (non-hydrogen) atoms. The molecule has 2 heteroatoms. The van der Waals surface area contributed by atoms with Crippen molar-refractivity contribution in [3.8, 4) is 0 Å². The van der Waals surface area contributed by atoms with Gasteiger partial charge in [0.15, 0.2) is 0 Å². The normalized spacial score (nSPS) is 12.6. The van der Waals surface area contributed by atoms with Crippen LogP contribution in [0.15, 0.2) is 60.7 Å². The van der Waals surface area contributed by atoms with Gasteiger partial charge in [0.05, 0.1) is 6.04 Å². The minimum absolute atomic E-state index is 0.272. The Kier molecular flexibility index (Phi) is 6.16. The van der Waals surface area contributed by atoms with Gasteiger partial charge in [0.25, 0.3) is 0 Å². The SMILES string of the molecule is CSCCC(C)NC(c1ccccc1)c1ccccc1. The summed E-state index contributed by atoms with van der Waals surface area (Å²) < 4.78 is 0. The lowest BCUT2D eigenvalue weighted by molar-refractivity contribution is 0.490. The Balaban J connectivity index is 2.17. The molecule has 0 spiro atoms. The van der Waals surface area contributed by atoms with Gasteiger partial charge in [0.2, 0.25) is 0 Å². The van der Waals surface area contributed by atoms with Crippen LogP contribution in [0.4, 0.5) is 0 Å². The van der Waals surface area contributed by atoms with E-state index in [-0.39, 0.29) is 6.04 Å². The van der Waals surface area contributed by atoms with Gasteiger partial charge in [-0.25, -0.2) is 0 Å². The van der Waals surface area contributed by atoms with Crippen molar-refractivity contribution in [2.45, 2.75) is 25.4 Å². The molecule has 2 rings (SSSR count). The largest absolute Gasteiger partial charge is 0.304 e. The quantitative estimate of drug-likeness (QED) is 0.803. The summed E-state index contributed by atoms with van der Waals surface area (Å²) in [6.07, 6.45) is 3.36. The van der Waals surface area contributed by atoms with Gasteiger partial charge in [0.1, 0.15) is 0 Å². The first-order valence-corrected chi connectivity index (χ1v) is 8.55. The molecule has 0 saturated heterocycles. The molecule has 0 aliphatic rings. The van der Waals surface area contributed by atoms with Gasteiger partial charge in [-0.15, -0.1) is 0 Å². The minimum atomic E-state index is 0.272. The summed E-state index contributed by atoms with van der Waals surface area (Å²) in [4.78, 5) is 0. The molecule has 1 nitrogen and oxygen atoms in total. The molecule has 2 aromatic carbocycles. The Labute approximate surface area is 126 Å². The summed E-state index contributed by atoms with van der Waals surface area (Å²) in [5, 5.41) is 3.77. The van der Waals surface area contributed by atoms with Gasteiger partial charge in [0, 0.05) is 6.04 Å². The third-order valence-electron chi connectivity index (χ3n) is 3.47. The van der Waals surface area contributed by atoms with Crippen LogP contribution in [-0.4, -0.2) is 18.1 Å². The maximum atomic E-state index is 3.77. The van der Waals surface area contributed by atoms with E-state index in [0.717, 1.165) is 0 Å². The molecule has 0 aliphatic heterocycles. The number of hydrogen-bond donors (Lipinski definition) is 1. The fraction of sp³-hybridized carbons (Fsp3) is 0.333. The Morgan fingerprint density at radius 2 is 1.40 bits per heavy atom. The number of nitrogens with one attached hydrogen (secondary N) is 1. The molecular weight excluding hydrogens is 262 g/mol. The zero-order valence-electron chi connectivity index (χ0n) is 12.3. The summed E-state index contributed by atoms with van der Waals surface area (Å²) >= 11 is 1.91. The van der Waals surface area contributed by atoms with E-state index >= 15 is 0 Å². The molecule has 0 amide bonds. The average Bonchev–Trinajstić information content (AvgIpc) is 2.52. The zero-order chi connectivity index (χ0) is 14.2. The van der Waals surface area contributed by atoms with Crippen molar-refractivity contribution in [1.82, 2.24) is 5.32 Å². The second-order valence-electron chi connectivity index (χ2n) is 5.10. The van der Waals surface area contributed by atoms with Crippen molar-refractivity contribution in [3.63, 3.8) is 0 Å². The number of hydrogen-bond acceptors (Lipinski definition) is 2. The van der Waals surface area contributed by atoms with Gasteiger partial charge >= 0.3 is 0 Å². The fourth-order valence-corrected chi connectivity index (χ4v) is 2.93.